The second kappa shape index (κ2) is 8.46. The number of nitrogens with one attached hydrogen (secondary N) is 1. The van der Waals surface area contributed by atoms with E-state index in [1.54, 1.807) is 23.1 Å². The number of benzene rings is 1. The maximum absolute atomic E-state index is 13.7. The van der Waals surface area contributed by atoms with Gasteiger partial charge in [-0.1, -0.05) is 18.2 Å². The largest absolute Gasteiger partial charge is 0.444 e. The molecule has 3 rings (SSSR count). The summed E-state index contributed by atoms with van der Waals surface area (Å²) in [5.74, 6) is -0.630. The summed E-state index contributed by atoms with van der Waals surface area (Å²) in [6.45, 7) is 2.88. The normalized spacial score (nSPS) is 15.1. The molecule has 2 heterocycles. The van der Waals surface area contributed by atoms with E-state index in [1.807, 2.05) is 6.07 Å². The van der Waals surface area contributed by atoms with Gasteiger partial charge in [0.2, 0.25) is 5.91 Å². The molecule has 6 nitrogen and oxygen atoms in total. The highest BCUT2D eigenvalue weighted by Gasteiger charge is 2.22. The van der Waals surface area contributed by atoms with Gasteiger partial charge in [-0.3, -0.25) is 14.5 Å². The summed E-state index contributed by atoms with van der Waals surface area (Å²) in [5.41, 5.74) is 0.657. The summed E-state index contributed by atoms with van der Waals surface area (Å²) in [4.78, 5) is 28.0. The topological polar surface area (TPSA) is 65.8 Å². The maximum Gasteiger partial charge on any atom is 0.287 e. The lowest BCUT2D eigenvalue weighted by molar-refractivity contribution is -0.131. The van der Waals surface area contributed by atoms with E-state index in [0.717, 1.165) is 0 Å². The molecule has 2 aromatic rings. The molecule has 1 N–H and O–H groups in total. The van der Waals surface area contributed by atoms with Crippen molar-refractivity contribution in [3.05, 3.63) is 58.2 Å². The first kappa shape index (κ1) is 18.6. The van der Waals surface area contributed by atoms with Gasteiger partial charge in [-0.15, -0.1) is 0 Å². The molecule has 0 saturated carbocycles. The van der Waals surface area contributed by atoms with Crippen LogP contribution in [0.1, 0.15) is 16.1 Å². The zero-order chi connectivity index (χ0) is 18.5. The highest BCUT2D eigenvalue weighted by Crippen LogP contribution is 2.14. The first-order valence-corrected chi connectivity index (χ1v) is 9.09. The van der Waals surface area contributed by atoms with Crippen LogP contribution >= 0.6 is 15.9 Å². The number of furan rings is 1. The van der Waals surface area contributed by atoms with Crippen LogP contribution < -0.4 is 5.32 Å². The SMILES string of the molecule is O=C(NCC(=O)N1CCN(Cc2ccccc2F)CC1)c1ccc(Br)o1. The number of rotatable bonds is 5. The van der Waals surface area contributed by atoms with Crippen LogP contribution in [-0.2, 0) is 11.3 Å². The monoisotopic (exact) mass is 423 g/mol. The fraction of sp³-hybridized carbons (Fsp3) is 0.333. The molecule has 0 atom stereocenters. The Bertz CT molecular complexity index is 787. The third-order valence-corrected chi connectivity index (χ3v) is 4.70. The molecule has 1 saturated heterocycles. The highest BCUT2D eigenvalue weighted by molar-refractivity contribution is 9.10. The Morgan fingerprint density at radius 2 is 1.85 bits per heavy atom. The Balaban J connectivity index is 1.43. The Morgan fingerprint density at radius 1 is 1.12 bits per heavy atom. The van der Waals surface area contributed by atoms with Gasteiger partial charge in [-0.2, -0.15) is 0 Å². The average molecular weight is 424 g/mol. The summed E-state index contributed by atoms with van der Waals surface area (Å²) in [7, 11) is 0. The van der Waals surface area contributed by atoms with Crippen molar-refractivity contribution in [3.63, 3.8) is 0 Å². The molecule has 0 unspecified atom stereocenters. The number of piperazine rings is 1. The summed E-state index contributed by atoms with van der Waals surface area (Å²) in [6, 6.07) is 9.87. The van der Waals surface area contributed by atoms with Crippen molar-refractivity contribution < 1.29 is 18.4 Å². The predicted molar refractivity (Wildman–Crippen MR) is 97.0 cm³/mol. The average Bonchev–Trinajstić information content (AvgIpc) is 3.08. The van der Waals surface area contributed by atoms with Crippen molar-refractivity contribution in [1.29, 1.82) is 0 Å². The van der Waals surface area contributed by atoms with Crippen LogP contribution in [0.5, 0.6) is 0 Å². The lowest BCUT2D eigenvalue weighted by Gasteiger charge is -2.34. The van der Waals surface area contributed by atoms with Gasteiger partial charge in [0, 0.05) is 38.3 Å². The lowest BCUT2D eigenvalue weighted by Crippen LogP contribution is -2.50. The Kier molecular flexibility index (Phi) is 6.05. The van der Waals surface area contributed by atoms with Gasteiger partial charge in [0.25, 0.3) is 5.91 Å². The smallest absolute Gasteiger partial charge is 0.287 e. The van der Waals surface area contributed by atoms with E-state index in [4.69, 9.17) is 4.42 Å². The molecule has 1 aliphatic heterocycles. The molecule has 2 amide bonds. The van der Waals surface area contributed by atoms with Gasteiger partial charge < -0.3 is 14.6 Å². The summed E-state index contributed by atoms with van der Waals surface area (Å²) in [6.07, 6.45) is 0. The molecular weight excluding hydrogens is 405 g/mol. The molecule has 0 aliphatic carbocycles. The number of nitrogens with zero attached hydrogens (tertiary/aromatic N) is 2. The lowest BCUT2D eigenvalue weighted by atomic mass is 10.2. The summed E-state index contributed by atoms with van der Waals surface area (Å²) >= 11 is 3.13. The highest BCUT2D eigenvalue weighted by atomic mass is 79.9. The van der Waals surface area contributed by atoms with Crippen LogP contribution in [-0.4, -0.2) is 54.3 Å². The molecule has 0 radical (unpaired) electrons. The zero-order valence-corrected chi connectivity index (χ0v) is 15.7. The van der Waals surface area contributed by atoms with Gasteiger partial charge in [0.1, 0.15) is 5.82 Å². The van der Waals surface area contributed by atoms with Crippen molar-refractivity contribution in [2.75, 3.05) is 32.7 Å². The predicted octanol–water partition coefficient (Wildman–Crippen LogP) is 2.26. The Hall–Kier alpha value is -2.19. The zero-order valence-electron chi connectivity index (χ0n) is 14.1. The van der Waals surface area contributed by atoms with Gasteiger partial charge in [-0.25, -0.2) is 4.39 Å². The molecule has 0 spiro atoms. The minimum absolute atomic E-state index is 0.0789. The van der Waals surface area contributed by atoms with E-state index in [2.05, 4.69) is 26.1 Å². The number of amides is 2. The Morgan fingerprint density at radius 3 is 2.50 bits per heavy atom. The van der Waals surface area contributed by atoms with Crippen molar-refractivity contribution in [3.8, 4) is 0 Å². The van der Waals surface area contributed by atoms with Crippen LogP contribution in [0.15, 0.2) is 45.5 Å². The fourth-order valence-electron chi connectivity index (χ4n) is 2.81. The van der Waals surface area contributed by atoms with Crippen LogP contribution in [0.25, 0.3) is 0 Å². The van der Waals surface area contributed by atoms with Crippen LogP contribution in [0.2, 0.25) is 0 Å². The number of carbonyl (C=O) groups excluding carboxylic acids is 2. The minimum Gasteiger partial charge on any atom is -0.444 e. The van der Waals surface area contributed by atoms with Crippen molar-refractivity contribution in [2.24, 2.45) is 0 Å². The van der Waals surface area contributed by atoms with Gasteiger partial charge >= 0.3 is 0 Å². The Labute approximate surface area is 159 Å². The molecule has 0 bridgehead atoms. The van der Waals surface area contributed by atoms with Crippen molar-refractivity contribution in [2.45, 2.75) is 6.54 Å². The van der Waals surface area contributed by atoms with Gasteiger partial charge in [-0.05, 0) is 34.1 Å². The van der Waals surface area contributed by atoms with E-state index in [-0.39, 0.29) is 24.0 Å². The van der Waals surface area contributed by atoms with E-state index < -0.39 is 5.91 Å². The van der Waals surface area contributed by atoms with E-state index in [9.17, 15) is 14.0 Å². The van der Waals surface area contributed by atoms with E-state index in [1.165, 1.54) is 12.1 Å². The molecular formula is C18H19BrFN3O3. The van der Waals surface area contributed by atoms with Crippen LogP contribution in [0.3, 0.4) is 0 Å². The quantitative estimate of drug-likeness (QED) is 0.800. The molecule has 1 fully saturated rings. The number of carbonyl (C=O) groups is 2. The van der Waals surface area contributed by atoms with Gasteiger partial charge in [0.05, 0.1) is 6.54 Å². The molecule has 8 heteroatoms. The number of hydrogen-bond acceptors (Lipinski definition) is 4. The van der Waals surface area contributed by atoms with Crippen LogP contribution in [0, 0.1) is 5.82 Å². The van der Waals surface area contributed by atoms with Crippen LogP contribution in [0.4, 0.5) is 4.39 Å². The second-order valence-corrected chi connectivity index (χ2v) is 6.82. The van der Waals surface area contributed by atoms with E-state index >= 15 is 0 Å². The molecule has 138 valence electrons. The fourth-order valence-corrected chi connectivity index (χ4v) is 3.12. The number of hydrogen-bond donors (Lipinski definition) is 1. The third-order valence-electron chi connectivity index (χ3n) is 4.27. The van der Waals surface area contributed by atoms with Crippen molar-refractivity contribution in [1.82, 2.24) is 15.1 Å². The first-order valence-electron chi connectivity index (χ1n) is 8.30. The molecule has 1 aromatic carbocycles. The summed E-state index contributed by atoms with van der Waals surface area (Å²) in [5, 5.41) is 2.56. The minimum atomic E-state index is -0.428. The van der Waals surface area contributed by atoms with E-state index in [0.29, 0.717) is 43.0 Å². The number of halogens is 2. The standard InChI is InChI=1S/C18H19BrFN3O3/c19-16-6-5-15(26-16)18(25)21-11-17(24)23-9-7-22(8-10-23)12-13-3-1-2-4-14(13)20/h1-6H,7-12H2,(H,21,25). The maximum atomic E-state index is 13.7. The molecule has 1 aliphatic rings. The summed E-state index contributed by atoms with van der Waals surface area (Å²) < 4.78 is 19.3. The van der Waals surface area contributed by atoms with Gasteiger partial charge in [0.15, 0.2) is 10.4 Å². The third kappa shape index (κ3) is 4.70. The van der Waals surface area contributed by atoms with Crippen molar-refractivity contribution >= 4 is 27.7 Å². The molecule has 26 heavy (non-hydrogen) atoms. The first-order chi connectivity index (χ1) is 12.5. The second-order valence-electron chi connectivity index (χ2n) is 6.03. The molecule has 1 aromatic heterocycles.